The number of carbonyl (C=O) groups is 2. The normalized spacial score (nSPS) is 12.3. The average Bonchev–Trinajstić information content (AvgIpc) is 2.97. The highest BCUT2D eigenvalue weighted by Gasteiger charge is 2.31. The molecule has 0 amide bonds. The third kappa shape index (κ3) is 3.72. The number of nitrogens with zero attached hydrogens (tertiary/aromatic N) is 1. The molecule has 152 valence electrons. The lowest BCUT2D eigenvalue weighted by Crippen LogP contribution is -2.16. The summed E-state index contributed by atoms with van der Waals surface area (Å²) in [7, 11) is 0. The third-order valence-electron chi connectivity index (χ3n) is 5.10. The first-order valence-electron chi connectivity index (χ1n) is 9.33. The van der Waals surface area contributed by atoms with Crippen molar-refractivity contribution in [3.63, 3.8) is 0 Å². The molecule has 0 aliphatic carbocycles. The number of phenolic OH excluding ortho intramolecular Hbond substituents is 1. The predicted octanol–water partition coefficient (Wildman–Crippen LogP) is 5.49. The van der Waals surface area contributed by atoms with Gasteiger partial charge in [-0.25, -0.2) is 4.39 Å². The van der Waals surface area contributed by atoms with Crippen molar-refractivity contribution in [1.29, 1.82) is 0 Å². The number of carboxylic acids is 1. The molecule has 5 nitrogen and oxygen atoms in total. The number of hydrogen-bond acceptors (Lipinski definition) is 3. The van der Waals surface area contributed by atoms with Crippen LogP contribution in [0.5, 0.6) is 5.75 Å². The van der Waals surface area contributed by atoms with Crippen LogP contribution < -0.4 is 0 Å². The maximum absolute atomic E-state index is 14.9. The number of halogens is 2. The Bertz CT molecular complexity index is 1110. The van der Waals surface area contributed by atoms with Crippen molar-refractivity contribution in [2.75, 3.05) is 0 Å². The molecular weight excluding hydrogens is 397 g/mol. The van der Waals surface area contributed by atoms with Crippen LogP contribution in [-0.2, 0) is 4.79 Å². The fourth-order valence-corrected chi connectivity index (χ4v) is 3.91. The molecule has 0 aliphatic heterocycles. The number of aromatic hydroxyl groups is 1. The van der Waals surface area contributed by atoms with Gasteiger partial charge in [-0.1, -0.05) is 37.4 Å². The number of carbonyl (C=O) groups excluding carboxylic acids is 1. The highest BCUT2D eigenvalue weighted by atomic mass is 35.5. The zero-order chi connectivity index (χ0) is 21.3. The molecule has 7 heteroatoms. The largest absolute Gasteiger partial charge is 0.505 e. The average molecular weight is 418 g/mol. The van der Waals surface area contributed by atoms with E-state index in [0.717, 1.165) is 12.5 Å². The molecule has 1 heterocycles. The summed E-state index contributed by atoms with van der Waals surface area (Å²) in [6.07, 6.45) is 1.70. The zero-order valence-electron chi connectivity index (χ0n) is 16.1. The number of fused-ring (bicyclic) bond motifs is 1. The van der Waals surface area contributed by atoms with E-state index in [9.17, 15) is 24.2 Å². The Morgan fingerprint density at radius 2 is 1.97 bits per heavy atom. The first kappa shape index (κ1) is 20.9. The fourth-order valence-electron chi connectivity index (χ4n) is 3.72. The second-order valence-electron chi connectivity index (χ2n) is 6.98. The molecule has 0 fully saturated rings. The van der Waals surface area contributed by atoms with E-state index in [1.165, 1.54) is 16.7 Å². The van der Waals surface area contributed by atoms with Crippen LogP contribution in [0.1, 0.15) is 53.7 Å². The van der Waals surface area contributed by atoms with Crippen molar-refractivity contribution in [2.24, 2.45) is 0 Å². The van der Waals surface area contributed by atoms with Gasteiger partial charge in [0.25, 0.3) is 5.91 Å². The van der Waals surface area contributed by atoms with Crippen molar-refractivity contribution in [3.8, 4) is 5.75 Å². The molecule has 0 bridgehead atoms. The number of carboxylic acid groups (broad SMARTS) is 1. The summed E-state index contributed by atoms with van der Waals surface area (Å²) in [6.45, 7) is 3.53. The van der Waals surface area contributed by atoms with Gasteiger partial charge in [-0.15, -0.1) is 0 Å². The summed E-state index contributed by atoms with van der Waals surface area (Å²) < 4.78 is 16.2. The lowest BCUT2D eigenvalue weighted by molar-refractivity contribution is -0.139. The maximum Gasteiger partial charge on any atom is 0.311 e. The second kappa shape index (κ2) is 8.25. The molecule has 0 aliphatic rings. The first-order chi connectivity index (χ1) is 13.8. The topological polar surface area (TPSA) is 79.5 Å². The van der Waals surface area contributed by atoms with E-state index in [1.54, 1.807) is 25.1 Å². The molecule has 0 saturated heterocycles. The van der Waals surface area contributed by atoms with Crippen LogP contribution in [0.15, 0.2) is 36.4 Å². The number of phenols is 1. The molecule has 3 rings (SSSR count). The van der Waals surface area contributed by atoms with Gasteiger partial charge in [0.2, 0.25) is 0 Å². The Hall–Kier alpha value is -2.86. The van der Waals surface area contributed by atoms with E-state index in [-0.39, 0.29) is 22.0 Å². The molecule has 2 N–H and O–H groups in total. The highest BCUT2D eigenvalue weighted by molar-refractivity contribution is 6.31. The summed E-state index contributed by atoms with van der Waals surface area (Å²) in [5.74, 6) is -4.07. The molecule has 0 saturated carbocycles. The molecule has 0 unspecified atom stereocenters. The molecular formula is C22H21ClFNO4. The van der Waals surface area contributed by atoms with E-state index >= 15 is 0 Å². The lowest BCUT2D eigenvalue weighted by atomic mass is 9.91. The van der Waals surface area contributed by atoms with E-state index in [2.05, 4.69) is 0 Å². The van der Waals surface area contributed by atoms with Gasteiger partial charge in [0.15, 0.2) is 11.6 Å². The van der Waals surface area contributed by atoms with E-state index in [0.29, 0.717) is 23.6 Å². The van der Waals surface area contributed by atoms with Crippen LogP contribution >= 0.6 is 11.6 Å². The molecule has 1 atom stereocenters. The van der Waals surface area contributed by atoms with Crippen LogP contribution in [0.4, 0.5) is 4.39 Å². The molecule has 0 radical (unpaired) electrons. The highest BCUT2D eigenvalue weighted by Crippen LogP contribution is 2.39. The predicted molar refractivity (Wildman–Crippen MR) is 109 cm³/mol. The monoisotopic (exact) mass is 417 g/mol. The van der Waals surface area contributed by atoms with Gasteiger partial charge in [0, 0.05) is 21.7 Å². The smallest absolute Gasteiger partial charge is 0.311 e. The van der Waals surface area contributed by atoms with Crippen LogP contribution in [0.25, 0.3) is 10.9 Å². The van der Waals surface area contributed by atoms with Gasteiger partial charge >= 0.3 is 5.97 Å². The number of aromatic nitrogens is 1. The third-order valence-corrected chi connectivity index (χ3v) is 5.34. The van der Waals surface area contributed by atoms with Crippen molar-refractivity contribution in [1.82, 2.24) is 4.57 Å². The maximum atomic E-state index is 14.9. The summed E-state index contributed by atoms with van der Waals surface area (Å²) in [5, 5.41) is 20.0. The lowest BCUT2D eigenvalue weighted by Gasteiger charge is -2.14. The Labute approximate surface area is 172 Å². The molecule has 0 spiro atoms. The number of unbranched alkanes of at least 4 members (excludes halogenated alkanes) is 1. The molecule has 2 aromatic carbocycles. The number of hydrogen-bond donors (Lipinski definition) is 2. The summed E-state index contributed by atoms with van der Waals surface area (Å²) >= 11 is 6.00. The Morgan fingerprint density at radius 3 is 2.59 bits per heavy atom. The number of rotatable bonds is 6. The standard InChI is InChI=1S/C22H21ClFNO4/c1-3-4-8-15(22(28)29)18-12(2)25(16-9-10-17(26)20(24)19(16)18)21(27)13-6-5-7-14(23)11-13/h5-7,9-11,15,26H,3-4,8H2,1-2H3,(H,28,29)/t15-/m0/s1. The first-order valence-corrected chi connectivity index (χ1v) is 9.71. The molecule has 29 heavy (non-hydrogen) atoms. The van der Waals surface area contributed by atoms with E-state index in [4.69, 9.17) is 11.6 Å². The SMILES string of the molecule is CCCC[C@H](C(=O)O)c1c(C)n(C(=O)c2cccc(Cl)c2)c2ccc(O)c(F)c12. The van der Waals surface area contributed by atoms with E-state index in [1.807, 2.05) is 6.92 Å². The molecule has 3 aromatic rings. The van der Waals surface area contributed by atoms with Gasteiger partial charge in [-0.05, 0) is 49.2 Å². The van der Waals surface area contributed by atoms with Gasteiger partial charge < -0.3 is 10.2 Å². The van der Waals surface area contributed by atoms with Crippen LogP contribution in [-0.4, -0.2) is 26.7 Å². The number of benzene rings is 2. The molecule has 1 aromatic heterocycles. The quantitative estimate of drug-likeness (QED) is 0.555. The van der Waals surface area contributed by atoms with Gasteiger partial charge in [0.1, 0.15) is 0 Å². The van der Waals surface area contributed by atoms with Gasteiger partial charge in [-0.2, -0.15) is 0 Å². The van der Waals surface area contributed by atoms with Crippen LogP contribution in [0.3, 0.4) is 0 Å². The fraction of sp³-hybridized carbons (Fsp3) is 0.273. The summed E-state index contributed by atoms with van der Waals surface area (Å²) in [6, 6.07) is 8.92. The van der Waals surface area contributed by atoms with Crippen molar-refractivity contribution < 1.29 is 24.2 Å². The zero-order valence-corrected chi connectivity index (χ0v) is 16.8. The summed E-state index contributed by atoms with van der Waals surface area (Å²) in [5.41, 5.74) is 1.04. The van der Waals surface area contributed by atoms with Crippen molar-refractivity contribution in [2.45, 2.75) is 39.0 Å². The van der Waals surface area contributed by atoms with Crippen molar-refractivity contribution in [3.05, 3.63) is 64.1 Å². The van der Waals surface area contributed by atoms with Gasteiger partial charge in [0.05, 0.1) is 11.4 Å². The Kier molecular flexibility index (Phi) is 5.94. The second-order valence-corrected chi connectivity index (χ2v) is 7.41. The minimum atomic E-state index is -1.10. The number of aliphatic carboxylic acids is 1. The Balaban J connectivity index is 2.32. The van der Waals surface area contributed by atoms with E-state index < -0.39 is 29.4 Å². The van der Waals surface area contributed by atoms with Gasteiger partial charge in [-0.3, -0.25) is 14.2 Å². The Morgan fingerprint density at radius 1 is 1.24 bits per heavy atom. The summed E-state index contributed by atoms with van der Waals surface area (Å²) in [4.78, 5) is 25.2. The minimum Gasteiger partial charge on any atom is -0.505 e. The van der Waals surface area contributed by atoms with Crippen molar-refractivity contribution >= 4 is 34.4 Å². The van der Waals surface area contributed by atoms with Crippen LogP contribution in [0.2, 0.25) is 5.02 Å². The van der Waals surface area contributed by atoms with Crippen LogP contribution in [0, 0.1) is 12.7 Å². The minimum absolute atomic E-state index is 0.0404.